The van der Waals surface area contributed by atoms with Crippen molar-refractivity contribution < 1.29 is 43.2 Å². The van der Waals surface area contributed by atoms with Gasteiger partial charge in [-0.25, -0.2) is 14.6 Å². The number of hydrogen-bond acceptors (Lipinski definition) is 10. The summed E-state index contributed by atoms with van der Waals surface area (Å²) in [5.41, 5.74) is -1.14. The lowest BCUT2D eigenvalue weighted by molar-refractivity contribution is -0.149. The van der Waals surface area contributed by atoms with E-state index in [2.05, 4.69) is 15.6 Å². The van der Waals surface area contributed by atoms with Crippen LogP contribution >= 0.6 is 0 Å². The molecule has 0 spiro atoms. The van der Waals surface area contributed by atoms with Crippen LogP contribution in [-0.4, -0.2) is 72.0 Å². The number of cyclic esters (lactones) is 2. The number of carbonyl (C=O) groups excluding carboxylic acids is 4. The molecule has 12 nitrogen and oxygen atoms in total. The van der Waals surface area contributed by atoms with Gasteiger partial charge in [0.05, 0.1) is 13.5 Å². The van der Waals surface area contributed by atoms with E-state index in [9.17, 15) is 24.3 Å². The summed E-state index contributed by atoms with van der Waals surface area (Å²) in [6.07, 6.45) is -0.0572. The van der Waals surface area contributed by atoms with E-state index in [4.69, 9.17) is 18.9 Å². The minimum atomic E-state index is -1.40. The first-order chi connectivity index (χ1) is 14.5. The average Bonchev–Trinajstić information content (AvgIpc) is 2.72. The highest BCUT2D eigenvalue weighted by Crippen LogP contribution is 2.27. The molecule has 0 aromatic carbocycles. The molecule has 2 heterocycles. The van der Waals surface area contributed by atoms with Crippen molar-refractivity contribution in [1.82, 2.24) is 15.6 Å². The maximum Gasteiger partial charge on any atom is 0.408 e. The van der Waals surface area contributed by atoms with Crippen LogP contribution < -0.4 is 15.4 Å². The van der Waals surface area contributed by atoms with Crippen molar-refractivity contribution in [2.24, 2.45) is 0 Å². The number of methoxy groups -OCH3 is 1. The van der Waals surface area contributed by atoms with Crippen LogP contribution in [0, 0.1) is 0 Å². The van der Waals surface area contributed by atoms with Crippen LogP contribution in [0.25, 0.3) is 0 Å². The number of nitrogens with zero attached hydrogens (tertiary/aromatic N) is 1. The van der Waals surface area contributed by atoms with Gasteiger partial charge in [-0.15, -0.1) is 0 Å². The zero-order valence-electron chi connectivity index (χ0n) is 17.6. The maximum atomic E-state index is 12.5. The lowest BCUT2D eigenvalue weighted by atomic mass is 10.2. The Kier molecular flexibility index (Phi) is 7.61. The lowest BCUT2D eigenvalue weighted by Gasteiger charge is -2.23. The van der Waals surface area contributed by atoms with E-state index >= 15 is 0 Å². The highest BCUT2D eigenvalue weighted by Gasteiger charge is 2.32. The van der Waals surface area contributed by atoms with Gasteiger partial charge in [-0.05, 0) is 20.8 Å². The first kappa shape index (κ1) is 23.7. The lowest BCUT2D eigenvalue weighted by Crippen LogP contribution is -2.45. The maximum absolute atomic E-state index is 12.5. The quantitative estimate of drug-likeness (QED) is 0.439. The summed E-state index contributed by atoms with van der Waals surface area (Å²) in [7, 11) is 1.30. The van der Waals surface area contributed by atoms with Gasteiger partial charge in [0, 0.05) is 12.3 Å². The number of aromatic hydroxyl groups is 1. The molecule has 0 bridgehead atoms. The van der Waals surface area contributed by atoms with Crippen LogP contribution in [0.3, 0.4) is 0 Å². The third-order valence-electron chi connectivity index (χ3n) is 3.88. The normalized spacial score (nSPS) is 19.6. The summed E-state index contributed by atoms with van der Waals surface area (Å²) >= 11 is 0. The van der Waals surface area contributed by atoms with E-state index in [-0.39, 0.29) is 19.0 Å². The monoisotopic (exact) mass is 439 g/mol. The SMILES string of the molecule is COc1ccnc(C(=O)NC2CC(=O)OCC(NC(=O)OC(C)(C)C)COC2=O)c1O. The Morgan fingerprint density at radius 3 is 2.52 bits per heavy atom. The van der Waals surface area contributed by atoms with Crippen molar-refractivity contribution >= 4 is 23.9 Å². The van der Waals surface area contributed by atoms with Crippen molar-refractivity contribution in [1.29, 1.82) is 0 Å². The Bertz CT molecular complexity index is 851. The number of nitrogens with one attached hydrogen (secondary N) is 2. The fraction of sp³-hybridized carbons (Fsp3) is 0.526. The second-order valence-electron chi connectivity index (χ2n) is 7.60. The minimum absolute atomic E-state index is 0.00709. The fourth-order valence-electron chi connectivity index (χ4n) is 2.50. The third-order valence-corrected chi connectivity index (χ3v) is 3.88. The zero-order chi connectivity index (χ0) is 23.2. The first-order valence-electron chi connectivity index (χ1n) is 9.34. The summed E-state index contributed by atoms with van der Waals surface area (Å²) in [6.45, 7) is 4.46. The van der Waals surface area contributed by atoms with E-state index in [1.807, 2.05) is 0 Å². The van der Waals surface area contributed by atoms with Crippen LogP contribution in [0.2, 0.25) is 0 Å². The van der Waals surface area contributed by atoms with Crippen LogP contribution in [0.5, 0.6) is 11.5 Å². The molecule has 2 amide bonds. The number of rotatable bonds is 4. The second kappa shape index (κ2) is 9.96. The van der Waals surface area contributed by atoms with Gasteiger partial charge in [0.1, 0.15) is 30.9 Å². The highest BCUT2D eigenvalue weighted by atomic mass is 16.6. The van der Waals surface area contributed by atoms with Crippen molar-refractivity contribution in [2.75, 3.05) is 20.3 Å². The van der Waals surface area contributed by atoms with Crippen LogP contribution in [0.15, 0.2) is 12.3 Å². The summed E-state index contributed by atoms with van der Waals surface area (Å²) in [5, 5.41) is 14.8. The predicted molar refractivity (Wildman–Crippen MR) is 103 cm³/mol. The van der Waals surface area contributed by atoms with E-state index < -0.39 is 59.5 Å². The molecule has 2 atom stereocenters. The minimum Gasteiger partial charge on any atom is -0.503 e. The molecule has 0 radical (unpaired) electrons. The highest BCUT2D eigenvalue weighted by molar-refractivity contribution is 5.98. The number of carbonyl (C=O) groups is 4. The Morgan fingerprint density at radius 2 is 1.87 bits per heavy atom. The zero-order valence-corrected chi connectivity index (χ0v) is 17.6. The number of amides is 2. The number of ether oxygens (including phenoxy) is 4. The summed E-state index contributed by atoms with van der Waals surface area (Å²) < 4.78 is 20.2. The number of aromatic nitrogens is 1. The fourth-order valence-corrected chi connectivity index (χ4v) is 2.50. The second-order valence-corrected chi connectivity index (χ2v) is 7.60. The molecule has 1 aliphatic rings. The van der Waals surface area contributed by atoms with Crippen LogP contribution in [0.4, 0.5) is 4.79 Å². The van der Waals surface area contributed by atoms with Gasteiger partial charge in [-0.3, -0.25) is 9.59 Å². The molecule has 170 valence electrons. The molecule has 2 unspecified atom stereocenters. The van der Waals surface area contributed by atoms with Gasteiger partial charge in [-0.2, -0.15) is 0 Å². The van der Waals surface area contributed by atoms with Crippen molar-refractivity contribution in [3.8, 4) is 11.5 Å². The Morgan fingerprint density at radius 1 is 1.19 bits per heavy atom. The topological polar surface area (TPSA) is 162 Å². The molecular weight excluding hydrogens is 414 g/mol. The molecule has 1 fully saturated rings. The molecule has 0 saturated carbocycles. The number of esters is 2. The van der Waals surface area contributed by atoms with Crippen molar-refractivity contribution in [3.05, 3.63) is 18.0 Å². The molecule has 1 aromatic heterocycles. The molecule has 2 rings (SSSR count). The van der Waals surface area contributed by atoms with Gasteiger partial charge in [0.2, 0.25) is 0 Å². The Balaban J connectivity index is 2.06. The molecule has 0 aliphatic carbocycles. The standard InChI is InChI=1S/C19H25N3O9/c1-19(2,3)31-18(27)21-10-8-29-13(23)7-11(17(26)30-9-10)22-16(25)14-15(24)12(28-4)5-6-20-14/h5-6,10-11,24H,7-9H2,1-4H3,(H,21,27)(H,22,25). The summed E-state index contributed by atoms with van der Waals surface area (Å²) in [4.78, 5) is 52.6. The van der Waals surface area contributed by atoms with Gasteiger partial charge in [0.25, 0.3) is 5.91 Å². The molecular formula is C19H25N3O9. The van der Waals surface area contributed by atoms with E-state index in [1.54, 1.807) is 20.8 Å². The van der Waals surface area contributed by atoms with Gasteiger partial charge < -0.3 is 34.7 Å². The number of pyridine rings is 1. The summed E-state index contributed by atoms with van der Waals surface area (Å²) in [6, 6.07) is -0.899. The van der Waals surface area contributed by atoms with Gasteiger partial charge in [0.15, 0.2) is 17.2 Å². The Labute approximate surface area is 178 Å². The van der Waals surface area contributed by atoms with E-state index in [0.717, 1.165) is 0 Å². The largest absolute Gasteiger partial charge is 0.503 e. The van der Waals surface area contributed by atoms with E-state index in [0.29, 0.717) is 0 Å². The smallest absolute Gasteiger partial charge is 0.408 e. The predicted octanol–water partition coefficient (Wildman–Crippen LogP) is 0.278. The molecule has 3 N–H and O–H groups in total. The third kappa shape index (κ3) is 7.01. The molecule has 1 aromatic rings. The molecule has 1 aliphatic heterocycles. The molecule has 31 heavy (non-hydrogen) atoms. The number of hydrogen-bond donors (Lipinski definition) is 3. The first-order valence-corrected chi connectivity index (χ1v) is 9.34. The van der Waals surface area contributed by atoms with E-state index in [1.165, 1.54) is 19.4 Å². The molecule has 1 saturated heterocycles. The van der Waals surface area contributed by atoms with Gasteiger partial charge in [-0.1, -0.05) is 0 Å². The van der Waals surface area contributed by atoms with Gasteiger partial charge >= 0.3 is 18.0 Å². The number of alkyl carbamates (subject to hydrolysis) is 1. The van der Waals surface area contributed by atoms with Crippen molar-refractivity contribution in [2.45, 2.75) is 44.9 Å². The Hall–Kier alpha value is -3.57. The van der Waals surface area contributed by atoms with Crippen molar-refractivity contribution in [3.63, 3.8) is 0 Å². The molecule has 12 heteroatoms. The van der Waals surface area contributed by atoms with Crippen LogP contribution in [0.1, 0.15) is 37.7 Å². The average molecular weight is 439 g/mol. The van der Waals surface area contributed by atoms with Crippen LogP contribution in [-0.2, 0) is 23.8 Å². The summed E-state index contributed by atoms with van der Waals surface area (Å²) in [5.74, 6) is -3.17.